The van der Waals surface area contributed by atoms with E-state index in [9.17, 15) is 0 Å². The van der Waals surface area contributed by atoms with E-state index in [1.807, 2.05) is 36.4 Å². The summed E-state index contributed by atoms with van der Waals surface area (Å²) in [6, 6.07) is 26.6. The average Bonchev–Trinajstić information content (AvgIpc) is 2.75. The first kappa shape index (κ1) is 24.9. The summed E-state index contributed by atoms with van der Waals surface area (Å²) in [5.74, 6) is 3.81. The average molecular weight is 402 g/mol. The normalized spacial score (nSPS) is 9.47. The molecule has 2 nitrogen and oxygen atoms in total. The van der Waals surface area contributed by atoms with Crippen molar-refractivity contribution in [2.75, 3.05) is 5.73 Å². The van der Waals surface area contributed by atoms with Crippen LogP contribution in [0.4, 0.5) is 5.69 Å². The van der Waals surface area contributed by atoms with Crippen LogP contribution in [0.15, 0.2) is 78.9 Å². The molecule has 0 amide bonds. The van der Waals surface area contributed by atoms with Crippen LogP contribution < -0.4 is 10.5 Å². The SMILES string of the molecule is C#CC.CC(C)c1ccc(N)cc1.CCCc1cccc(OCc2ccccc2)c1. The van der Waals surface area contributed by atoms with Gasteiger partial charge in [0.2, 0.25) is 0 Å². The molecule has 0 radical (unpaired) electrons. The Kier molecular flexibility index (Phi) is 12.2. The van der Waals surface area contributed by atoms with Gasteiger partial charge in [-0.1, -0.05) is 81.8 Å². The van der Waals surface area contributed by atoms with Crippen LogP contribution in [0.3, 0.4) is 0 Å². The number of benzene rings is 3. The molecule has 0 unspecified atom stereocenters. The zero-order chi connectivity index (χ0) is 22.2. The van der Waals surface area contributed by atoms with Gasteiger partial charge in [0.05, 0.1) is 0 Å². The highest BCUT2D eigenvalue weighted by Crippen LogP contribution is 2.16. The fourth-order valence-electron chi connectivity index (χ4n) is 2.70. The van der Waals surface area contributed by atoms with Crippen LogP contribution in [-0.4, -0.2) is 0 Å². The van der Waals surface area contributed by atoms with Crippen LogP contribution in [-0.2, 0) is 13.0 Å². The minimum atomic E-state index is 0.598. The van der Waals surface area contributed by atoms with Crippen molar-refractivity contribution in [2.24, 2.45) is 0 Å². The van der Waals surface area contributed by atoms with Crippen LogP contribution in [0.5, 0.6) is 5.75 Å². The van der Waals surface area contributed by atoms with E-state index in [-0.39, 0.29) is 0 Å². The van der Waals surface area contributed by atoms with Gasteiger partial charge in [-0.15, -0.1) is 12.3 Å². The zero-order valence-corrected chi connectivity index (χ0v) is 18.8. The number of aryl methyl sites for hydroxylation is 1. The van der Waals surface area contributed by atoms with E-state index in [1.54, 1.807) is 6.92 Å². The number of terminal acetylenes is 1. The monoisotopic (exact) mass is 401 g/mol. The van der Waals surface area contributed by atoms with Crippen LogP contribution in [0.25, 0.3) is 0 Å². The first-order valence-electron chi connectivity index (χ1n) is 10.5. The summed E-state index contributed by atoms with van der Waals surface area (Å²) >= 11 is 0. The highest BCUT2D eigenvalue weighted by molar-refractivity contribution is 5.39. The van der Waals surface area contributed by atoms with Gasteiger partial charge < -0.3 is 10.5 Å². The maximum Gasteiger partial charge on any atom is 0.120 e. The fraction of sp³-hybridized carbons (Fsp3) is 0.286. The first-order chi connectivity index (χ1) is 14.5. The lowest BCUT2D eigenvalue weighted by atomic mass is 10.0. The minimum Gasteiger partial charge on any atom is -0.489 e. The summed E-state index contributed by atoms with van der Waals surface area (Å²) in [7, 11) is 0. The van der Waals surface area contributed by atoms with E-state index in [2.05, 4.69) is 75.6 Å². The summed E-state index contributed by atoms with van der Waals surface area (Å²) in [4.78, 5) is 0. The second-order valence-electron chi connectivity index (χ2n) is 7.28. The Morgan fingerprint density at radius 1 is 0.900 bits per heavy atom. The van der Waals surface area contributed by atoms with Crippen molar-refractivity contribution in [1.82, 2.24) is 0 Å². The van der Waals surface area contributed by atoms with Crippen LogP contribution >= 0.6 is 0 Å². The van der Waals surface area contributed by atoms with Gasteiger partial charge in [-0.05, 0) is 60.2 Å². The molecule has 2 heteroatoms. The van der Waals surface area contributed by atoms with Gasteiger partial charge >= 0.3 is 0 Å². The molecule has 0 bridgehead atoms. The molecule has 0 fully saturated rings. The van der Waals surface area contributed by atoms with E-state index in [0.717, 1.165) is 17.9 Å². The molecular weight excluding hydrogens is 366 g/mol. The molecule has 0 saturated heterocycles. The van der Waals surface area contributed by atoms with Gasteiger partial charge in [0, 0.05) is 5.69 Å². The second kappa shape index (κ2) is 14.8. The molecule has 3 aromatic carbocycles. The number of hydrogen-bond donors (Lipinski definition) is 1. The van der Waals surface area contributed by atoms with Crippen LogP contribution in [0.2, 0.25) is 0 Å². The number of ether oxygens (including phenoxy) is 1. The Morgan fingerprint density at radius 2 is 1.50 bits per heavy atom. The molecule has 0 atom stereocenters. The first-order valence-corrected chi connectivity index (χ1v) is 10.5. The van der Waals surface area contributed by atoms with Gasteiger partial charge in [0.25, 0.3) is 0 Å². The Bertz CT molecular complexity index is 861. The highest BCUT2D eigenvalue weighted by Gasteiger charge is 1.97. The topological polar surface area (TPSA) is 35.2 Å². The minimum absolute atomic E-state index is 0.598. The van der Waals surface area contributed by atoms with Gasteiger partial charge in [0.15, 0.2) is 0 Å². The van der Waals surface area contributed by atoms with Gasteiger partial charge in [-0.3, -0.25) is 0 Å². The Hall–Kier alpha value is -3.18. The molecule has 3 rings (SSSR count). The molecule has 0 saturated carbocycles. The third kappa shape index (κ3) is 10.4. The van der Waals surface area contributed by atoms with Crippen LogP contribution in [0.1, 0.15) is 56.7 Å². The molecule has 2 N–H and O–H groups in total. The predicted octanol–water partition coefficient (Wildman–Crippen LogP) is 7.25. The maximum atomic E-state index is 5.78. The molecule has 158 valence electrons. The molecule has 0 aliphatic heterocycles. The number of rotatable bonds is 6. The molecular formula is C28H35NO. The quantitative estimate of drug-likeness (QED) is 0.349. The smallest absolute Gasteiger partial charge is 0.120 e. The molecule has 0 heterocycles. The van der Waals surface area contributed by atoms with E-state index in [4.69, 9.17) is 10.5 Å². The molecule has 0 aliphatic rings. The van der Waals surface area contributed by atoms with Gasteiger partial charge in [-0.25, -0.2) is 0 Å². The molecule has 0 spiro atoms. The van der Waals surface area contributed by atoms with Crippen molar-refractivity contribution < 1.29 is 4.74 Å². The molecule has 0 aromatic heterocycles. The summed E-state index contributed by atoms with van der Waals surface area (Å²) < 4.78 is 5.78. The van der Waals surface area contributed by atoms with Gasteiger partial charge in [-0.2, -0.15) is 0 Å². The van der Waals surface area contributed by atoms with Crippen molar-refractivity contribution in [3.8, 4) is 18.1 Å². The van der Waals surface area contributed by atoms with Crippen molar-refractivity contribution in [3.05, 3.63) is 95.6 Å². The molecule has 3 aromatic rings. The summed E-state index contributed by atoms with van der Waals surface area (Å²) in [6.45, 7) is 8.82. The third-order valence-electron chi connectivity index (χ3n) is 4.29. The Balaban J connectivity index is 0.000000294. The van der Waals surface area contributed by atoms with E-state index >= 15 is 0 Å². The van der Waals surface area contributed by atoms with Crippen molar-refractivity contribution in [3.63, 3.8) is 0 Å². The summed E-state index contributed by atoms with van der Waals surface area (Å²) in [5, 5.41) is 0. The van der Waals surface area contributed by atoms with Crippen molar-refractivity contribution in [1.29, 1.82) is 0 Å². The zero-order valence-electron chi connectivity index (χ0n) is 18.8. The number of anilines is 1. The lowest BCUT2D eigenvalue weighted by Gasteiger charge is -2.07. The van der Waals surface area contributed by atoms with E-state index in [1.165, 1.54) is 23.1 Å². The standard InChI is InChI=1S/C16H18O.C9H13N.C3H4/c1-2-7-14-10-6-11-16(12-14)17-13-15-8-4-3-5-9-15;1-7(2)8-3-5-9(10)6-4-8;1-3-2/h3-6,8-12H,2,7,13H2,1H3;3-7H,10H2,1-2H3;1H,2H3. The maximum absolute atomic E-state index is 5.78. The number of hydrogen-bond acceptors (Lipinski definition) is 2. The third-order valence-corrected chi connectivity index (χ3v) is 4.29. The number of nitrogens with two attached hydrogens (primary N) is 1. The van der Waals surface area contributed by atoms with E-state index in [0.29, 0.717) is 12.5 Å². The van der Waals surface area contributed by atoms with Gasteiger partial charge in [0.1, 0.15) is 12.4 Å². The summed E-state index contributed by atoms with van der Waals surface area (Å²) in [6.07, 6.45) is 6.88. The summed E-state index contributed by atoms with van der Waals surface area (Å²) in [5.41, 5.74) is 10.3. The number of nitrogen functional groups attached to an aromatic ring is 1. The Labute approximate surface area is 183 Å². The van der Waals surface area contributed by atoms with Crippen molar-refractivity contribution in [2.45, 2.75) is 53.1 Å². The highest BCUT2D eigenvalue weighted by atomic mass is 16.5. The van der Waals surface area contributed by atoms with E-state index < -0.39 is 0 Å². The lowest BCUT2D eigenvalue weighted by molar-refractivity contribution is 0.306. The van der Waals surface area contributed by atoms with Crippen LogP contribution in [0, 0.1) is 12.3 Å². The largest absolute Gasteiger partial charge is 0.489 e. The lowest BCUT2D eigenvalue weighted by Crippen LogP contribution is -1.95. The molecule has 0 aliphatic carbocycles. The predicted molar refractivity (Wildman–Crippen MR) is 131 cm³/mol. The van der Waals surface area contributed by atoms with Crippen molar-refractivity contribution >= 4 is 5.69 Å². The fourth-order valence-corrected chi connectivity index (χ4v) is 2.70. The Morgan fingerprint density at radius 3 is 2.07 bits per heavy atom. The second-order valence-corrected chi connectivity index (χ2v) is 7.28. The molecule has 30 heavy (non-hydrogen) atoms.